The normalized spacial score (nSPS) is 27.5. The number of nitrogens with zero attached hydrogens (tertiary/aromatic N) is 1. The molecule has 0 aliphatic carbocycles. The zero-order chi connectivity index (χ0) is 10.7. The number of aliphatic carboxylic acids is 1. The summed E-state index contributed by atoms with van der Waals surface area (Å²) in [6, 6.07) is -0.727. The zero-order valence-corrected chi connectivity index (χ0v) is 7.96. The van der Waals surface area contributed by atoms with Crippen molar-refractivity contribution in [2.24, 2.45) is 0 Å². The number of aliphatic hydroxyl groups is 2. The van der Waals surface area contributed by atoms with Crippen molar-refractivity contribution < 1.29 is 24.9 Å². The summed E-state index contributed by atoms with van der Waals surface area (Å²) in [4.78, 5) is 12.1. The molecule has 0 saturated carbocycles. The van der Waals surface area contributed by atoms with Crippen LogP contribution in [0.1, 0.15) is 12.8 Å². The predicted molar refractivity (Wildman–Crippen MR) is 46.4 cm³/mol. The average molecular weight is 205 g/mol. The van der Waals surface area contributed by atoms with Crippen molar-refractivity contribution in [1.29, 1.82) is 0 Å². The van der Waals surface area contributed by atoms with E-state index >= 15 is 0 Å². The van der Waals surface area contributed by atoms with Crippen molar-refractivity contribution in [1.82, 2.24) is 4.90 Å². The van der Waals surface area contributed by atoms with Gasteiger partial charge < -0.3 is 20.1 Å². The first-order valence-electron chi connectivity index (χ1n) is 4.45. The molecule has 1 aliphatic rings. The maximum atomic E-state index is 10.8. The number of hydrogen-bond donors (Lipinski definition) is 3. The van der Waals surface area contributed by atoms with Gasteiger partial charge in [-0.2, -0.15) is 0 Å². The lowest BCUT2D eigenvalue weighted by atomic mass is 10.2. The standard InChI is InChI=1S/C8H15NO5/c1-14-8(13)6(10)9-4-2-3-5(9)7(11)12/h5-6,8,10,13H,2-4H2,1H3,(H,11,12)/t5-,6?,8?/m0/s1. The largest absolute Gasteiger partial charge is 0.480 e. The Hall–Kier alpha value is -0.690. The highest BCUT2D eigenvalue weighted by molar-refractivity contribution is 5.73. The minimum atomic E-state index is -1.37. The average Bonchev–Trinajstić information content (AvgIpc) is 2.63. The molecule has 2 unspecified atom stereocenters. The molecule has 1 saturated heterocycles. The third kappa shape index (κ3) is 2.21. The highest BCUT2D eigenvalue weighted by Crippen LogP contribution is 2.20. The number of carbonyl (C=O) groups is 1. The Labute approximate surface area is 81.7 Å². The molecule has 82 valence electrons. The van der Waals surface area contributed by atoms with Crippen molar-refractivity contribution in [3.05, 3.63) is 0 Å². The number of aliphatic hydroxyl groups excluding tert-OH is 2. The van der Waals surface area contributed by atoms with E-state index in [2.05, 4.69) is 4.74 Å². The molecule has 1 heterocycles. The number of rotatable bonds is 4. The van der Waals surface area contributed by atoms with E-state index in [0.717, 1.165) is 0 Å². The van der Waals surface area contributed by atoms with Gasteiger partial charge in [0.25, 0.3) is 0 Å². The SMILES string of the molecule is COC(O)C(O)N1CCC[C@H]1C(=O)O. The Balaban J connectivity index is 2.61. The highest BCUT2D eigenvalue weighted by atomic mass is 16.6. The van der Waals surface area contributed by atoms with Crippen molar-refractivity contribution in [2.45, 2.75) is 31.4 Å². The van der Waals surface area contributed by atoms with Crippen molar-refractivity contribution in [3.63, 3.8) is 0 Å². The first kappa shape index (κ1) is 11.4. The van der Waals surface area contributed by atoms with Crippen LogP contribution in [-0.2, 0) is 9.53 Å². The van der Waals surface area contributed by atoms with Crippen LogP contribution in [0, 0.1) is 0 Å². The monoisotopic (exact) mass is 205 g/mol. The molecule has 0 aromatic rings. The third-order valence-electron chi connectivity index (χ3n) is 2.42. The van der Waals surface area contributed by atoms with E-state index in [1.165, 1.54) is 12.0 Å². The van der Waals surface area contributed by atoms with Gasteiger partial charge in [0, 0.05) is 13.7 Å². The fourth-order valence-electron chi connectivity index (χ4n) is 1.66. The van der Waals surface area contributed by atoms with Gasteiger partial charge in [0.2, 0.25) is 0 Å². The van der Waals surface area contributed by atoms with Crippen molar-refractivity contribution in [3.8, 4) is 0 Å². The van der Waals surface area contributed by atoms with Crippen LogP contribution in [0.3, 0.4) is 0 Å². The number of methoxy groups -OCH3 is 1. The molecule has 3 N–H and O–H groups in total. The van der Waals surface area contributed by atoms with Crippen LogP contribution in [-0.4, -0.2) is 58.4 Å². The smallest absolute Gasteiger partial charge is 0.320 e. The van der Waals surface area contributed by atoms with Gasteiger partial charge in [-0.3, -0.25) is 9.69 Å². The molecule has 0 amide bonds. The first-order chi connectivity index (χ1) is 6.57. The molecule has 14 heavy (non-hydrogen) atoms. The summed E-state index contributed by atoms with van der Waals surface area (Å²) >= 11 is 0. The molecule has 0 aromatic heterocycles. The van der Waals surface area contributed by atoms with E-state index in [1.54, 1.807) is 0 Å². The number of ether oxygens (including phenoxy) is 1. The summed E-state index contributed by atoms with van der Waals surface area (Å²) in [7, 11) is 1.25. The summed E-state index contributed by atoms with van der Waals surface area (Å²) < 4.78 is 4.52. The minimum Gasteiger partial charge on any atom is -0.480 e. The molecule has 0 bridgehead atoms. The predicted octanol–water partition coefficient (Wildman–Crippen LogP) is -1.18. The maximum absolute atomic E-state index is 10.8. The zero-order valence-electron chi connectivity index (χ0n) is 7.96. The fourth-order valence-corrected chi connectivity index (χ4v) is 1.66. The lowest BCUT2D eigenvalue weighted by molar-refractivity contribution is -0.200. The van der Waals surface area contributed by atoms with Crippen molar-refractivity contribution in [2.75, 3.05) is 13.7 Å². The van der Waals surface area contributed by atoms with E-state index < -0.39 is 24.5 Å². The molecule has 6 nitrogen and oxygen atoms in total. The molecule has 1 fully saturated rings. The number of carboxylic acids is 1. The first-order valence-corrected chi connectivity index (χ1v) is 4.45. The summed E-state index contributed by atoms with van der Waals surface area (Å²) in [5.41, 5.74) is 0. The van der Waals surface area contributed by atoms with Gasteiger partial charge in [0.1, 0.15) is 6.04 Å². The number of carboxylic acid groups (broad SMARTS) is 1. The van der Waals surface area contributed by atoms with Gasteiger partial charge in [-0.05, 0) is 12.8 Å². The molecule has 1 rings (SSSR count). The van der Waals surface area contributed by atoms with Crippen molar-refractivity contribution >= 4 is 5.97 Å². The lowest BCUT2D eigenvalue weighted by Crippen LogP contribution is -2.49. The van der Waals surface area contributed by atoms with Gasteiger partial charge in [0.15, 0.2) is 12.5 Å². The van der Waals surface area contributed by atoms with Gasteiger partial charge in [-0.25, -0.2) is 0 Å². The molecule has 0 spiro atoms. The van der Waals surface area contributed by atoms with Crippen LogP contribution in [0.15, 0.2) is 0 Å². The Kier molecular flexibility index (Phi) is 3.82. The number of likely N-dealkylation sites (tertiary alicyclic amines) is 1. The third-order valence-corrected chi connectivity index (χ3v) is 2.42. The Bertz CT molecular complexity index is 210. The molecule has 6 heteroatoms. The summed E-state index contributed by atoms with van der Waals surface area (Å²) in [6.45, 7) is 0.457. The molecule has 3 atom stereocenters. The van der Waals surface area contributed by atoms with E-state index in [9.17, 15) is 15.0 Å². The Morgan fingerprint density at radius 2 is 2.21 bits per heavy atom. The van der Waals surface area contributed by atoms with Crippen LogP contribution in [0.2, 0.25) is 0 Å². The van der Waals surface area contributed by atoms with Crippen LogP contribution in [0.4, 0.5) is 0 Å². The summed E-state index contributed by atoms with van der Waals surface area (Å²) in [6.07, 6.45) is -1.45. The fraction of sp³-hybridized carbons (Fsp3) is 0.875. The quantitative estimate of drug-likeness (QED) is 0.500. The van der Waals surface area contributed by atoms with E-state index in [-0.39, 0.29) is 0 Å². The molecule has 0 aromatic carbocycles. The van der Waals surface area contributed by atoms with Gasteiger partial charge in [0.05, 0.1) is 0 Å². The highest BCUT2D eigenvalue weighted by Gasteiger charge is 2.37. The lowest BCUT2D eigenvalue weighted by Gasteiger charge is -2.29. The minimum absolute atomic E-state index is 0.457. The van der Waals surface area contributed by atoms with Crippen LogP contribution >= 0.6 is 0 Å². The van der Waals surface area contributed by atoms with Gasteiger partial charge >= 0.3 is 5.97 Å². The maximum Gasteiger partial charge on any atom is 0.320 e. The Morgan fingerprint density at radius 1 is 1.57 bits per heavy atom. The van der Waals surface area contributed by atoms with E-state index in [1.807, 2.05) is 0 Å². The van der Waals surface area contributed by atoms with Gasteiger partial charge in [-0.1, -0.05) is 0 Å². The summed E-state index contributed by atoms with van der Waals surface area (Å²) in [5.74, 6) is -0.982. The number of hydrogen-bond acceptors (Lipinski definition) is 5. The second kappa shape index (κ2) is 4.70. The second-order valence-electron chi connectivity index (χ2n) is 3.27. The van der Waals surface area contributed by atoms with E-state index in [4.69, 9.17) is 5.11 Å². The molecular weight excluding hydrogens is 190 g/mol. The van der Waals surface area contributed by atoms with Crippen LogP contribution in [0.25, 0.3) is 0 Å². The van der Waals surface area contributed by atoms with Crippen LogP contribution < -0.4 is 0 Å². The van der Waals surface area contributed by atoms with E-state index in [0.29, 0.717) is 19.4 Å². The second-order valence-corrected chi connectivity index (χ2v) is 3.27. The topological polar surface area (TPSA) is 90.2 Å². The Morgan fingerprint density at radius 3 is 2.71 bits per heavy atom. The summed E-state index contributed by atoms with van der Waals surface area (Å²) in [5, 5.41) is 27.5. The molecular formula is C8H15NO5. The molecule has 0 radical (unpaired) electrons. The molecule has 1 aliphatic heterocycles. The van der Waals surface area contributed by atoms with Crippen LogP contribution in [0.5, 0.6) is 0 Å². The van der Waals surface area contributed by atoms with Gasteiger partial charge in [-0.15, -0.1) is 0 Å².